The first-order chi connectivity index (χ1) is 10.3. The van der Waals surface area contributed by atoms with Crippen molar-refractivity contribution in [2.24, 2.45) is 5.92 Å². The molecule has 0 heterocycles. The molecule has 1 aliphatic rings. The molecule has 0 saturated heterocycles. The minimum absolute atomic E-state index is 0.311. The van der Waals surface area contributed by atoms with E-state index >= 15 is 0 Å². The van der Waals surface area contributed by atoms with Crippen molar-refractivity contribution in [1.29, 1.82) is 0 Å². The molecule has 1 aliphatic carbocycles. The lowest BCUT2D eigenvalue weighted by Crippen LogP contribution is -2.26. The highest BCUT2D eigenvalue weighted by Gasteiger charge is 2.33. The van der Waals surface area contributed by atoms with Crippen LogP contribution in [0.1, 0.15) is 43.0 Å². The molecule has 2 aromatic rings. The molecule has 2 atom stereocenters. The van der Waals surface area contributed by atoms with Crippen LogP contribution in [0.5, 0.6) is 5.75 Å². The zero-order chi connectivity index (χ0) is 14.7. The van der Waals surface area contributed by atoms with Crippen LogP contribution >= 0.6 is 0 Å². The third kappa shape index (κ3) is 3.45. The van der Waals surface area contributed by atoms with Crippen LogP contribution in [0.4, 0.5) is 0 Å². The maximum absolute atomic E-state index is 5.33. The summed E-state index contributed by atoms with van der Waals surface area (Å²) in [6.45, 7) is 2.23. The van der Waals surface area contributed by atoms with Crippen molar-refractivity contribution < 1.29 is 4.74 Å². The van der Waals surface area contributed by atoms with Crippen LogP contribution in [0.3, 0.4) is 0 Å². The highest BCUT2D eigenvalue weighted by atomic mass is 16.5. The number of hydrogen-bond acceptors (Lipinski definition) is 2. The summed E-state index contributed by atoms with van der Waals surface area (Å²) in [6, 6.07) is 19.9. The Morgan fingerprint density at radius 1 is 1.00 bits per heavy atom. The van der Waals surface area contributed by atoms with Gasteiger partial charge in [-0.1, -0.05) is 42.5 Å². The number of ether oxygens (including phenoxy) is 1. The fourth-order valence-corrected chi connectivity index (χ4v) is 2.87. The second kappa shape index (κ2) is 6.31. The molecule has 1 saturated carbocycles. The van der Waals surface area contributed by atoms with Crippen LogP contribution in [-0.2, 0) is 0 Å². The van der Waals surface area contributed by atoms with Crippen LogP contribution < -0.4 is 10.1 Å². The summed E-state index contributed by atoms with van der Waals surface area (Å²) in [4.78, 5) is 0. The number of nitrogens with one attached hydrogen (secondary N) is 1. The third-order valence-corrected chi connectivity index (χ3v) is 4.28. The molecule has 0 bridgehead atoms. The van der Waals surface area contributed by atoms with E-state index in [0.717, 1.165) is 11.7 Å². The summed E-state index contributed by atoms with van der Waals surface area (Å²) >= 11 is 0. The first kappa shape index (κ1) is 14.2. The molecule has 0 radical (unpaired) electrons. The van der Waals surface area contributed by atoms with Gasteiger partial charge in [-0.05, 0) is 48.9 Å². The Hall–Kier alpha value is -1.80. The lowest BCUT2D eigenvalue weighted by Gasteiger charge is -2.24. The predicted molar refractivity (Wildman–Crippen MR) is 86.5 cm³/mol. The topological polar surface area (TPSA) is 21.3 Å². The standard InChI is InChI=1S/C19H23NO/c1-14(17-9-6-10-18(13-17)21-2)20-19(16-11-12-16)15-7-4-3-5-8-15/h3-10,13-14,16,19-20H,11-12H2,1-2H3/t14-,19?/m1/s1. The normalized spacial score (nSPS) is 17.2. The average molecular weight is 281 g/mol. The first-order valence-electron chi connectivity index (χ1n) is 7.73. The molecule has 0 aliphatic heterocycles. The summed E-state index contributed by atoms with van der Waals surface area (Å²) in [5.74, 6) is 1.70. The van der Waals surface area contributed by atoms with E-state index in [4.69, 9.17) is 4.74 Å². The van der Waals surface area contributed by atoms with Gasteiger partial charge in [0.15, 0.2) is 0 Å². The Bertz CT molecular complexity index is 577. The highest BCUT2D eigenvalue weighted by Crippen LogP contribution is 2.42. The van der Waals surface area contributed by atoms with Crippen molar-refractivity contribution in [1.82, 2.24) is 5.32 Å². The Morgan fingerprint density at radius 3 is 2.38 bits per heavy atom. The molecule has 21 heavy (non-hydrogen) atoms. The molecule has 1 fully saturated rings. The smallest absolute Gasteiger partial charge is 0.119 e. The van der Waals surface area contributed by atoms with Gasteiger partial charge in [-0.2, -0.15) is 0 Å². The van der Waals surface area contributed by atoms with Crippen molar-refractivity contribution in [3.63, 3.8) is 0 Å². The van der Waals surface area contributed by atoms with Gasteiger partial charge in [-0.25, -0.2) is 0 Å². The summed E-state index contributed by atoms with van der Waals surface area (Å²) < 4.78 is 5.33. The summed E-state index contributed by atoms with van der Waals surface area (Å²) in [7, 11) is 1.72. The van der Waals surface area contributed by atoms with Gasteiger partial charge in [0.1, 0.15) is 5.75 Å². The Kier molecular flexibility index (Phi) is 4.26. The molecule has 3 rings (SSSR count). The fourth-order valence-electron chi connectivity index (χ4n) is 2.87. The van der Waals surface area contributed by atoms with Gasteiger partial charge in [0.05, 0.1) is 7.11 Å². The van der Waals surface area contributed by atoms with E-state index in [1.807, 2.05) is 6.07 Å². The van der Waals surface area contributed by atoms with E-state index < -0.39 is 0 Å². The van der Waals surface area contributed by atoms with Crippen LogP contribution in [0.25, 0.3) is 0 Å². The van der Waals surface area contributed by atoms with E-state index in [2.05, 4.69) is 60.8 Å². The van der Waals surface area contributed by atoms with Crippen LogP contribution in [0.2, 0.25) is 0 Å². The van der Waals surface area contributed by atoms with Crippen molar-refractivity contribution >= 4 is 0 Å². The van der Waals surface area contributed by atoms with Gasteiger partial charge in [0.2, 0.25) is 0 Å². The third-order valence-electron chi connectivity index (χ3n) is 4.28. The number of benzene rings is 2. The molecule has 1 unspecified atom stereocenters. The van der Waals surface area contributed by atoms with Gasteiger partial charge in [-0.3, -0.25) is 0 Å². The van der Waals surface area contributed by atoms with Crippen LogP contribution in [-0.4, -0.2) is 7.11 Å². The van der Waals surface area contributed by atoms with E-state index in [-0.39, 0.29) is 0 Å². The first-order valence-corrected chi connectivity index (χ1v) is 7.73. The van der Waals surface area contributed by atoms with Crippen molar-refractivity contribution in [3.8, 4) is 5.75 Å². The van der Waals surface area contributed by atoms with Crippen molar-refractivity contribution in [2.45, 2.75) is 31.8 Å². The zero-order valence-electron chi connectivity index (χ0n) is 12.8. The molecule has 2 heteroatoms. The van der Waals surface area contributed by atoms with Crippen molar-refractivity contribution in [2.75, 3.05) is 7.11 Å². The van der Waals surface area contributed by atoms with Gasteiger partial charge in [0.25, 0.3) is 0 Å². The average Bonchev–Trinajstić information content (AvgIpc) is 3.38. The highest BCUT2D eigenvalue weighted by molar-refractivity contribution is 5.31. The van der Waals surface area contributed by atoms with Crippen LogP contribution in [0, 0.1) is 5.92 Å². The van der Waals surface area contributed by atoms with E-state index in [1.54, 1.807) is 7.11 Å². The van der Waals surface area contributed by atoms with Crippen LogP contribution in [0.15, 0.2) is 54.6 Å². The Morgan fingerprint density at radius 2 is 1.71 bits per heavy atom. The van der Waals surface area contributed by atoms with Gasteiger partial charge in [-0.15, -0.1) is 0 Å². The maximum Gasteiger partial charge on any atom is 0.119 e. The quantitative estimate of drug-likeness (QED) is 0.842. The summed E-state index contributed by atoms with van der Waals surface area (Å²) in [5, 5.41) is 3.81. The largest absolute Gasteiger partial charge is 0.497 e. The van der Waals surface area contributed by atoms with Gasteiger partial charge >= 0.3 is 0 Å². The second-order valence-electron chi connectivity index (χ2n) is 5.89. The molecule has 2 aromatic carbocycles. The fraction of sp³-hybridized carbons (Fsp3) is 0.368. The minimum Gasteiger partial charge on any atom is -0.497 e. The molecule has 0 aromatic heterocycles. The zero-order valence-corrected chi connectivity index (χ0v) is 12.8. The molecule has 1 N–H and O–H groups in total. The molecular weight excluding hydrogens is 258 g/mol. The molecule has 110 valence electrons. The van der Waals surface area contributed by atoms with E-state index in [1.165, 1.54) is 24.0 Å². The molecule has 2 nitrogen and oxygen atoms in total. The maximum atomic E-state index is 5.33. The van der Waals surface area contributed by atoms with Gasteiger partial charge < -0.3 is 10.1 Å². The predicted octanol–water partition coefficient (Wildman–Crippen LogP) is 4.50. The summed E-state index contributed by atoms with van der Waals surface area (Å²) in [6.07, 6.45) is 2.66. The van der Waals surface area contributed by atoms with Crippen molar-refractivity contribution in [3.05, 3.63) is 65.7 Å². The van der Waals surface area contributed by atoms with E-state index in [0.29, 0.717) is 12.1 Å². The Balaban J connectivity index is 1.76. The molecule has 0 amide bonds. The number of rotatable bonds is 6. The second-order valence-corrected chi connectivity index (χ2v) is 5.89. The lowest BCUT2D eigenvalue weighted by molar-refractivity contribution is 0.408. The van der Waals surface area contributed by atoms with E-state index in [9.17, 15) is 0 Å². The SMILES string of the molecule is COc1cccc([C@@H](C)NC(c2ccccc2)C2CC2)c1. The lowest BCUT2D eigenvalue weighted by atomic mass is 9.99. The monoisotopic (exact) mass is 281 g/mol. The Labute approximate surface area is 127 Å². The summed E-state index contributed by atoms with van der Waals surface area (Å²) in [5.41, 5.74) is 2.67. The minimum atomic E-state index is 0.311. The van der Waals surface area contributed by atoms with Gasteiger partial charge in [0, 0.05) is 12.1 Å². The molecular formula is C19H23NO. The number of methoxy groups -OCH3 is 1. The number of hydrogen-bond donors (Lipinski definition) is 1. The molecule has 0 spiro atoms.